The van der Waals surface area contributed by atoms with Crippen LogP contribution in [-0.2, 0) is 0 Å². The highest BCUT2D eigenvalue weighted by Crippen LogP contribution is 2.45. The summed E-state index contributed by atoms with van der Waals surface area (Å²) in [5.74, 6) is 3.46. The maximum atomic E-state index is 5.74. The van der Waals surface area contributed by atoms with E-state index < -0.39 is 0 Å². The highest BCUT2D eigenvalue weighted by molar-refractivity contribution is 8.19. The highest BCUT2D eigenvalue weighted by atomic mass is 32.2. The summed E-state index contributed by atoms with van der Waals surface area (Å²) in [4.78, 5) is 0. The zero-order chi connectivity index (χ0) is 14.3. The van der Waals surface area contributed by atoms with Crippen LogP contribution in [0.3, 0.4) is 0 Å². The van der Waals surface area contributed by atoms with E-state index in [1.54, 1.807) is 0 Å². The van der Waals surface area contributed by atoms with Gasteiger partial charge in [-0.25, -0.2) is 0 Å². The van der Waals surface area contributed by atoms with Gasteiger partial charge in [0, 0.05) is 11.5 Å². The Hall–Kier alpha value is -1.32. The summed E-state index contributed by atoms with van der Waals surface area (Å²) in [5, 5.41) is 0. The molecule has 0 saturated carbocycles. The quantitative estimate of drug-likeness (QED) is 0.745. The fourth-order valence-corrected chi connectivity index (χ4v) is 5.02. The molecule has 3 rings (SSSR count). The topological polar surface area (TPSA) is 9.23 Å². The second-order valence-corrected chi connectivity index (χ2v) is 7.49. The van der Waals surface area contributed by atoms with Crippen molar-refractivity contribution in [3.63, 3.8) is 0 Å². The van der Waals surface area contributed by atoms with Crippen LogP contribution in [0.5, 0.6) is 5.75 Å². The van der Waals surface area contributed by atoms with Crippen molar-refractivity contribution in [2.45, 2.75) is 4.58 Å². The average molecular weight is 314 g/mol. The van der Waals surface area contributed by atoms with E-state index in [2.05, 4.69) is 42.5 Å². The molecule has 0 radical (unpaired) electrons. The largest absolute Gasteiger partial charge is 0.490 e. The number of ether oxygens (including phenoxy) is 1. The summed E-state index contributed by atoms with van der Waals surface area (Å²) in [6, 6.07) is 18.8. The standard InChI is InChI=1S/C18H18OS2/c1-2-5-15(6-3-1)7-4-12-19-17-10-8-16(9-11-17)18-20-13-14-21-18/h1-11,18H,12-14H2/b7-4+. The van der Waals surface area contributed by atoms with Gasteiger partial charge in [-0.3, -0.25) is 0 Å². The minimum absolute atomic E-state index is 0.598. The molecule has 2 aromatic rings. The van der Waals surface area contributed by atoms with Crippen molar-refractivity contribution in [3.05, 3.63) is 71.8 Å². The molecule has 0 unspecified atom stereocenters. The van der Waals surface area contributed by atoms with Crippen molar-refractivity contribution in [1.82, 2.24) is 0 Å². The Balaban J connectivity index is 1.50. The van der Waals surface area contributed by atoms with Gasteiger partial charge >= 0.3 is 0 Å². The molecular formula is C18H18OS2. The maximum absolute atomic E-state index is 5.74. The van der Waals surface area contributed by atoms with Crippen LogP contribution >= 0.6 is 23.5 Å². The van der Waals surface area contributed by atoms with Crippen molar-refractivity contribution in [2.75, 3.05) is 18.1 Å². The van der Waals surface area contributed by atoms with Crippen LogP contribution in [0.25, 0.3) is 6.08 Å². The van der Waals surface area contributed by atoms with E-state index in [1.807, 2.05) is 47.8 Å². The molecule has 1 saturated heterocycles. The Bertz CT molecular complexity index is 572. The first-order chi connectivity index (χ1) is 10.4. The van der Waals surface area contributed by atoms with Gasteiger partial charge < -0.3 is 4.74 Å². The van der Waals surface area contributed by atoms with Crippen LogP contribution in [-0.4, -0.2) is 18.1 Å². The van der Waals surface area contributed by atoms with Crippen LogP contribution in [0.15, 0.2) is 60.7 Å². The van der Waals surface area contributed by atoms with Gasteiger partial charge in [0.05, 0.1) is 4.58 Å². The van der Waals surface area contributed by atoms with Gasteiger partial charge in [-0.05, 0) is 29.3 Å². The van der Waals surface area contributed by atoms with Crippen molar-refractivity contribution >= 4 is 29.6 Å². The molecule has 0 bridgehead atoms. The summed E-state index contributed by atoms with van der Waals surface area (Å²) in [6.45, 7) is 0.598. The number of benzene rings is 2. The van der Waals surface area contributed by atoms with E-state index in [4.69, 9.17) is 4.74 Å². The third kappa shape index (κ3) is 4.32. The molecular weight excluding hydrogens is 296 g/mol. The van der Waals surface area contributed by atoms with Gasteiger partial charge in [0.2, 0.25) is 0 Å². The Morgan fingerprint density at radius 2 is 1.67 bits per heavy atom. The van der Waals surface area contributed by atoms with E-state index >= 15 is 0 Å². The molecule has 1 fully saturated rings. The second-order valence-electron chi connectivity index (χ2n) is 4.77. The Labute approximate surface area is 134 Å². The van der Waals surface area contributed by atoms with Crippen LogP contribution in [0.2, 0.25) is 0 Å². The second kappa shape index (κ2) is 7.62. The van der Waals surface area contributed by atoms with Crippen molar-refractivity contribution in [3.8, 4) is 5.75 Å². The minimum atomic E-state index is 0.598. The lowest BCUT2D eigenvalue weighted by atomic mass is 10.2. The molecule has 0 atom stereocenters. The van der Waals surface area contributed by atoms with Crippen LogP contribution < -0.4 is 4.74 Å². The van der Waals surface area contributed by atoms with Gasteiger partial charge in [0.25, 0.3) is 0 Å². The zero-order valence-electron chi connectivity index (χ0n) is 11.8. The van der Waals surface area contributed by atoms with Gasteiger partial charge in [-0.1, -0.05) is 48.5 Å². The minimum Gasteiger partial charge on any atom is -0.490 e. The van der Waals surface area contributed by atoms with Gasteiger partial charge in [0.1, 0.15) is 12.4 Å². The number of thioether (sulfide) groups is 2. The van der Waals surface area contributed by atoms with E-state index in [9.17, 15) is 0 Å². The molecule has 1 aliphatic rings. The number of hydrogen-bond acceptors (Lipinski definition) is 3. The molecule has 108 valence electrons. The Kier molecular flexibility index (Phi) is 5.30. The Morgan fingerprint density at radius 1 is 0.952 bits per heavy atom. The van der Waals surface area contributed by atoms with Crippen LogP contribution in [0.4, 0.5) is 0 Å². The molecule has 2 aromatic carbocycles. The van der Waals surface area contributed by atoms with E-state index in [0.29, 0.717) is 11.2 Å². The maximum Gasteiger partial charge on any atom is 0.119 e. The molecule has 1 heterocycles. The molecule has 0 spiro atoms. The summed E-state index contributed by atoms with van der Waals surface area (Å²) < 4.78 is 6.35. The normalized spacial score (nSPS) is 15.6. The van der Waals surface area contributed by atoms with E-state index in [0.717, 1.165) is 5.75 Å². The predicted octanol–water partition coefficient (Wildman–Crippen LogP) is 5.26. The predicted molar refractivity (Wildman–Crippen MR) is 95.1 cm³/mol. The van der Waals surface area contributed by atoms with Gasteiger partial charge in [0.15, 0.2) is 0 Å². The van der Waals surface area contributed by atoms with Gasteiger partial charge in [-0.15, -0.1) is 23.5 Å². The molecule has 0 aliphatic carbocycles. The third-order valence-electron chi connectivity index (χ3n) is 3.23. The number of rotatable bonds is 5. The molecule has 21 heavy (non-hydrogen) atoms. The summed E-state index contributed by atoms with van der Waals surface area (Å²) >= 11 is 4.06. The van der Waals surface area contributed by atoms with Crippen molar-refractivity contribution in [2.24, 2.45) is 0 Å². The molecule has 0 amide bonds. The monoisotopic (exact) mass is 314 g/mol. The highest BCUT2D eigenvalue weighted by Gasteiger charge is 2.17. The van der Waals surface area contributed by atoms with Crippen molar-refractivity contribution in [1.29, 1.82) is 0 Å². The summed E-state index contributed by atoms with van der Waals surface area (Å²) in [6.07, 6.45) is 4.13. The lowest BCUT2D eigenvalue weighted by molar-refractivity contribution is 0.363. The third-order valence-corrected chi connectivity index (χ3v) is 6.33. The average Bonchev–Trinajstić information content (AvgIpc) is 3.08. The number of hydrogen-bond donors (Lipinski definition) is 0. The molecule has 1 aliphatic heterocycles. The van der Waals surface area contributed by atoms with Crippen LogP contribution in [0, 0.1) is 0 Å². The van der Waals surface area contributed by atoms with Gasteiger partial charge in [-0.2, -0.15) is 0 Å². The summed E-state index contributed by atoms with van der Waals surface area (Å²) in [7, 11) is 0. The first kappa shape index (κ1) is 14.6. The Morgan fingerprint density at radius 3 is 2.38 bits per heavy atom. The first-order valence-electron chi connectivity index (χ1n) is 7.09. The lowest BCUT2D eigenvalue weighted by Gasteiger charge is -2.09. The lowest BCUT2D eigenvalue weighted by Crippen LogP contribution is -1.93. The van der Waals surface area contributed by atoms with E-state index in [-0.39, 0.29) is 0 Å². The molecule has 1 nitrogen and oxygen atoms in total. The van der Waals surface area contributed by atoms with Crippen molar-refractivity contribution < 1.29 is 4.74 Å². The molecule has 0 N–H and O–H groups in total. The van der Waals surface area contributed by atoms with Crippen LogP contribution in [0.1, 0.15) is 15.7 Å². The zero-order valence-corrected chi connectivity index (χ0v) is 13.4. The smallest absolute Gasteiger partial charge is 0.119 e. The fourth-order valence-electron chi connectivity index (χ4n) is 2.16. The fraction of sp³-hybridized carbons (Fsp3) is 0.222. The molecule has 3 heteroatoms. The molecule has 0 aromatic heterocycles. The van der Waals surface area contributed by atoms with E-state index in [1.165, 1.54) is 22.6 Å². The summed E-state index contributed by atoms with van der Waals surface area (Å²) in [5.41, 5.74) is 2.60. The first-order valence-corrected chi connectivity index (χ1v) is 9.19. The SMILES string of the molecule is C(=C\c1ccccc1)/COc1ccc(C2SCCS2)cc1.